The lowest BCUT2D eigenvalue weighted by atomic mass is 10.1. The molecule has 2 aromatic carbocycles. The number of anilines is 1. The Morgan fingerprint density at radius 1 is 1.12 bits per heavy atom. The normalized spacial score (nSPS) is 12.7. The van der Waals surface area contributed by atoms with Crippen LogP contribution in [0, 0.1) is 0 Å². The molecule has 0 radical (unpaired) electrons. The highest BCUT2D eigenvalue weighted by Crippen LogP contribution is 2.26. The van der Waals surface area contributed by atoms with Gasteiger partial charge in [-0.1, -0.05) is 36.4 Å². The lowest BCUT2D eigenvalue weighted by Crippen LogP contribution is -2.35. The van der Waals surface area contributed by atoms with E-state index >= 15 is 0 Å². The number of rotatable bonds is 3. The van der Waals surface area contributed by atoms with Crippen LogP contribution in [0.3, 0.4) is 0 Å². The summed E-state index contributed by atoms with van der Waals surface area (Å²) >= 11 is 0. The van der Waals surface area contributed by atoms with E-state index in [9.17, 15) is 0 Å². The van der Waals surface area contributed by atoms with Crippen LogP contribution in [0.5, 0.6) is 0 Å². The van der Waals surface area contributed by atoms with Gasteiger partial charge in [-0.25, -0.2) is 0 Å². The zero-order chi connectivity index (χ0) is 11.5. The Kier molecular flexibility index (Phi) is 3.11. The van der Waals surface area contributed by atoms with Gasteiger partial charge in [-0.3, -0.25) is 0 Å². The van der Waals surface area contributed by atoms with Crippen LogP contribution in [-0.2, 0) is 0 Å². The van der Waals surface area contributed by atoms with E-state index in [1.165, 1.54) is 16.5 Å². The molecule has 2 N–H and O–H groups in total. The van der Waals surface area contributed by atoms with Crippen molar-refractivity contribution in [3.8, 4) is 0 Å². The van der Waals surface area contributed by atoms with E-state index < -0.39 is 0 Å². The Hall–Kier alpha value is -1.54. The number of likely N-dealkylation sites (N-methyl/N-ethyl adjacent to an activating group) is 1. The molecule has 2 rings (SSSR count). The second kappa shape index (κ2) is 4.54. The third-order valence-electron chi connectivity index (χ3n) is 3.15. The van der Waals surface area contributed by atoms with Crippen molar-refractivity contribution in [3.63, 3.8) is 0 Å². The summed E-state index contributed by atoms with van der Waals surface area (Å²) in [4.78, 5) is 2.24. The van der Waals surface area contributed by atoms with Gasteiger partial charge in [0.25, 0.3) is 0 Å². The largest absolute Gasteiger partial charge is 0.370 e. The number of nitrogens with two attached hydrogens (primary N) is 1. The fraction of sp³-hybridized carbons (Fsp3) is 0.286. The Morgan fingerprint density at radius 3 is 2.56 bits per heavy atom. The van der Waals surface area contributed by atoms with Crippen LogP contribution >= 0.6 is 0 Å². The molecule has 1 atom stereocenters. The standard InChI is InChI=1S/C14H18N2/c1-11(10-15)16(2)14-9-5-7-12-6-3-4-8-13(12)14/h3-9,11H,10,15H2,1-2H3. The first kappa shape index (κ1) is 11.0. The zero-order valence-electron chi connectivity index (χ0n) is 9.85. The molecule has 16 heavy (non-hydrogen) atoms. The molecule has 0 amide bonds. The van der Waals surface area contributed by atoms with Crippen molar-refractivity contribution in [3.05, 3.63) is 42.5 Å². The van der Waals surface area contributed by atoms with E-state index in [-0.39, 0.29) is 0 Å². The maximum atomic E-state index is 5.71. The molecule has 0 spiro atoms. The molecule has 0 aliphatic heterocycles. The molecule has 2 aromatic rings. The van der Waals surface area contributed by atoms with Gasteiger partial charge in [-0.2, -0.15) is 0 Å². The lowest BCUT2D eigenvalue weighted by molar-refractivity contribution is 0.697. The summed E-state index contributed by atoms with van der Waals surface area (Å²) in [5.41, 5.74) is 6.96. The predicted octanol–water partition coefficient (Wildman–Crippen LogP) is 2.62. The maximum absolute atomic E-state index is 5.71. The minimum atomic E-state index is 0.353. The summed E-state index contributed by atoms with van der Waals surface area (Å²) in [7, 11) is 2.10. The van der Waals surface area contributed by atoms with Crippen molar-refractivity contribution in [1.29, 1.82) is 0 Å². The Balaban J connectivity index is 2.52. The van der Waals surface area contributed by atoms with Crippen LogP contribution in [0.4, 0.5) is 5.69 Å². The van der Waals surface area contributed by atoms with Crippen LogP contribution in [0.2, 0.25) is 0 Å². The number of fused-ring (bicyclic) bond motifs is 1. The van der Waals surface area contributed by atoms with Gasteiger partial charge >= 0.3 is 0 Å². The molecule has 0 bridgehead atoms. The van der Waals surface area contributed by atoms with Gasteiger partial charge in [0.1, 0.15) is 0 Å². The average molecular weight is 214 g/mol. The van der Waals surface area contributed by atoms with Gasteiger partial charge in [0.05, 0.1) is 0 Å². The number of nitrogens with zero attached hydrogens (tertiary/aromatic N) is 1. The van der Waals surface area contributed by atoms with Crippen molar-refractivity contribution in [1.82, 2.24) is 0 Å². The highest BCUT2D eigenvalue weighted by molar-refractivity contribution is 5.94. The van der Waals surface area contributed by atoms with Crippen LogP contribution < -0.4 is 10.6 Å². The van der Waals surface area contributed by atoms with Crippen LogP contribution in [0.25, 0.3) is 10.8 Å². The second-order valence-electron chi connectivity index (χ2n) is 4.19. The topological polar surface area (TPSA) is 29.3 Å². The molecule has 0 saturated heterocycles. The zero-order valence-corrected chi connectivity index (χ0v) is 9.85. The number of hydrogen-bond donors (Lipinski definition) is 1. The highest BCUT2D eigenvalue weighted by atomic mass is 15.1. The van der Waals surface area contributed by atoms with Gasteiger partial charge in [-0.15, -0.1) is 0 Å². The first-order chi connectivity index (χ1) is 7.74. The summed E-state index contributed by atoms with van der Waals surface area (Å²) in [5, 5.41) is 2.56. The van der Waals surface area contributed by atoms with Crippen molar-refractivity contribution >= 4 is 16.5 Å². The quantitative estimate of drug-likeness (QED) is 0.851. The van der Waals surface area contributed by atoms with E-state index in [1.54, 1.807) is 0 Å². The summed E-state index contributed by atoms with van der Waals surface area (Å²) in [6.45, 7) is 2.81. The lowest BCUT2D eigenvalue weighted by Gasteiger charge is -2.27. The van der Waals surface area contributed by atoms with E-state index in [2.05, 4.69) is 61.3 Å². The molecule has 0 aliphatic carbocycles. The van der Waals surface area contributed by atoms with Gasteiger partial charge in [0.15, 0.2) is 0 Å². The third kappa shape index (κ3) is 1.89. The highest BCUT2D eigenvalue weighted by Gasteiger charge is 2.10. The first-order valence-electron chi connectivity index (χ1n) is 5.64. The molecule has 0 fully saturated rings. The van der Waals surface area contributed by atoms with E-state index in [4.69, 9.17) is 5.73 Å². The molecule has 2 heteroatoms. The molecule has 0 aliphatic rings. The maximum Gasteiger partial charge on any atom is 0.0446 e. The minimum Gasteiger partial charge on any atom is -0.370 e. The monoisotopic (exact) mass is 214 g/mol. The van der Waals surface area contributed by atoms with E-state index in [1.807, 2.05) is 0 Å². The van der Waals surface area contributed by atoms with Crippen LogP contribution in [-0.4, -0.2) is 19.6 Å². The number of hydrogen-bond acceptors (Lipinski definition) is 2. The molecular formula is C14H18N2. The molecule has 84 valence electrons. The summed E-state index contributed by atoms with van der Waals surface area (Å²) in [6.07, 6.45) is 0. The van der Waals surface area contributed by atoms with Crippen molar-refractivity contribution in [2.24, 2.45) is 5.73 Å². The first-order valence-corrected chi connectivity index (χ1v) is 5.64. The van der Waals surface area contributed by atoms with Gasteiger partial charge in [0.2, 0.25) is 0 Å². The fourth-order valence-electron chi connectivity index (χ4n) is 1.91. The Labute approximate surface area is 96.7 Å². The van der Waals surface area contributed by atoms with Crippen molar-refractivity contribution in [2.45, 2.75) is 13.0 Å². The third-order valence-corrected chi connectivity index (χ3v) is 3.15. The van der Waals surface area contributed by atoms with E-state index in [0.29, 0.717) is 12.6 Å². The number of benzene rings is 2. The molecule has 1 unspecified atom stereocenters. The minimum absolute atomic E-state index is 0.353. The van der Waals surface area contributed by atoms with Crippen LogP contribution in [0.15, 0.2) is 42.5 Å². The molecule has 0 aromatic heterocycles. The van der Waals surface area contributed by atoms with E-state index in [0.717, 1.165) is 0 Å². The Morgan fingerprint density at radius 2 is 1.81 bits per heavy atom. The summed E-state index contributed by atoms with van der Waals surface area (Å²) in [6, 6.07) is 15.2. The average Bonchev–Trinajstić information content (AvgIpc) is 2.36. The SMILES string of the molecule is CC(CN)N(C)c1cccc2ccccc12. The molecule has 0 saturated carbocycles. The van der Waals surface area contributed by atoms with Crippen molar-refractivity contribution in [2.75, 3.05) is 18.5 Å². The molecular weight excluding hydrogens is 196 g/mol. The Bertz CT molecular complexity index is 474. The summed E-state index contributed by atoms with van der Waals surface area (Å²) < 4.78 is 0. The van der Waals surface area contributed by atoms with Crippen molar-refractivity contribution < 1.29 is 0 Å². The molecule has 0 heterocycles. The summed E-state index contributed by atoms with van der Waals surface area (Å²) in [5.74, 6) is 0. The van der Waals surface area contributed by atoms with Crippen LogP contribution in [0.1, 0.15) is 6.92 Å². The smallest absolute Gasteiger partial charge is 0.0446 e. The van der Waals surface area contributed by atoms with Gasteiger partial charge in [0, 0.05) is 30.7 Å². The second-order valence-corrected chi connectivity index (χ2v) is 4.19. The molecule has 2 nitrogen and oxygen atoms in total. The van der Waals surface area contributed by atoms with Gasteiger partial charge in [-0.05, 0) is 18.4 Å². The predicted molar refractivity (Wildman–Crippen MR) is 70.9 cm³/mol. The van der Waals surface area contributed by atoms with Gasteiger partial charge < -0.3 is 10.6 Å². The fourth-order valence-corrected chi connectivity index (χ4v) is 1.91.